The molecule has 0 spiro atoms. The third-order valence-electron chi connectivity index (χ3n) is 2.78. The van der Waals surface area contributed by atoms with Crippen molar-refractivity contribution < 1.29 is 13.6 Å². The Bertz CT molecular complexity index is 632. The normalized spacial score (nSPS) is 12.0. The highest BCUT2D eigenvalue weighted by molar-refractivity contribution is 9.10. The number of nitrogens with one attached hydrogen (secondary N) is 1. The minimum atomic E-state index is -0.936. The molecule has 2 aromatic rings. The lowest BCUT2D eigenvalue weighted by Gasteiger charge is -2.14. The lowest BCUT2D eigenvalue weighted by atomic mass is 10.1. The van der Waals surface area contributed by atoms with E-state index >= 15 is 0 Å². The van der Waals surface area contributed by atoms with Crippen LogP contribution in [0, 0.1) is 11.6 Å². The van der Waals surface area contributed by atoms with Gasteiger partial charge in [-0.1, -0.05) is 6.07 Å². The molecule has 3 nitrogen and oxygen atoms in total. The largest absolute Gasteiger partial charge is 0.345 e. The van der Waals surface area contributed by atoms with Gasteiger partial charge in [-0.05, 0) is 52.7 Å². The van der Waals surface area contributed by atoms with E-state index in [1.165, 1.54) is 12.3 Å². The Morgan fingerprint density at radius 3 is 2.60 bits per heavy atom. The maximum atomic E-state index is 13.1. The zero-order valence-electron chi connectivity index (χ0n) is 10.5. The quantitative estimate of drug-likeness (QED) is 0.867. The van der Waals surface area contributed by atoms with Gasteiger partial charge in [-0.25, -0.2) is 13.8 Å². The summed E-state index contributed by atoms with van der Waals surface area (Å²) in [7, 11) is 0. The van der Waals surface area contributed by atoms with Crippen LogP contribution in [0.1, 0.15) is 28.9 Å². The number of hydrogen-bond donors (Lipinski definition) is 1. The van der Waals surface area contributed by atoms with E-state index in [0.717, 1.165) is 12.1 Å². The summed E-state index contributed by atoms with van der Waals surface area (Å²) in [6.07, 6.45) is 1.43. The van der Waals surface area contributed by atoms with Gasteiger partial charge in [0.15, 0.2) is 11.6 Å². The fourth-order valence-corrected chi connectivity index (χ4v) is 1.89. The Morgan fingerprint density at radius 2 is 2.00 bits per heavy atom. The molecule has 0 saturated heterocycles. The van der Waals surface area contributed by atoms with E-state index in [2.05, 4.69) is 26.2 Å². The molecule has 1 atom stereocenters. The topological polar surface area (TPSA) is 42.0 Å². The predicted molar refractivity (Wildman–Crippen MR) is 74.2 cm³/mol. The highest BCUT2D eigenvalue weighted by Gasteiger charge is 2.13. The van der Waals surface area contributed by atoms with E-state index in [0.29, 0.717) is 15.7 Å². The van der Waals surface area contributed by atoms with Crippen molar-refractivity contribution in [2.75, 3.05) is 0 Å². The Kier molecular flexibility index (Phi) is 4.44. The lowest BCUT2D eigenvalue weighted by molar-refractivity contribution is 0.0939. The molecule has 0 aliphatic rings. The SMILES string of the molecule is CC(NC(=O)c1ccc(Br)nc1)c1ccc(F)c(F)c1. The smallest absolute Gasteiger partial charge is 0.253 e. The molecule has 1 N–H and O–H groups in total. The minimum Gasteiger partial charge on any atom is -0.345 e. The van der Waals surface area contributed by atoms with Crippen LogP contribution in [0.15, 0.2) is 41.1 Å². The second-order valence-corrected chi connectivity index (χ2v) is 5.05. The molecule has 1 heterocycles. The molecule has 20 heavy (non-hydrogen) atoms. The van der Waals surface area contributed by atoms with Crippen LogP contribution in [0.2, 0.25) is 0 Å². The van der Waals surface area contributed by atoms with Gasteiger partial charge in [-0.2, -0.15) is 0 Å². The van der Waals surface area contributed by atoms with E-state index < -0.39 is 17.7 Å². The van der Waals surface area contributed by atoms with Crippen LogP contribution in [0.3, 0.4) is 0 Å². The monoisotopic (exact) mass is 340 g/mol. The summed E-state index contributed by atoms with van der Waals surface area (Å²) in [5.74, 6) is -2.18. The van der Waals surface area contributed by atoms with Crippen LogP contribution in [0.5, 0.6) is 0 Å². The van der Waals surface area contributed by atoms with Crippen molar-refractivity contribution in [3.8, 4) is 0 Å². The zero-order chi connectivity index (χ0) is 14.7. The van der Waals surface area contributed by atoms with Crippen molar-refractivity contribution in [1.82, 2.24) is 10.3 Å². The average molecular weight is 341 g/mol. The number of pyridine rings is 1. The number of benzene rings is 1. The average Bonchev–Trinajstić information content (AvgIpc) is 2.42. The summed E-state index contributed by atoms with van der Waals surface area (Å²) in [4.78, 5) is 15.9. The van der Waals surface area contributed by atoms with E-state index in [1.807, 2.05) is 0 Å². The molecule has 0 radical (unpaired) electrons. The fourth-order valence-electron chi connectivity index (χ4n) is 1.66. The maximum absolute atomic E-state index is 13.1. The van der Waals surface area contributed by atoms with E-state index in [-0.39, 0.29) is 5.91 Å². The van der Waals surface area contributed by atoms with Crippen LogP contribution in [-0.2, 0) is 0 Å². The highest BCUT2D eigenvalue weighted by atomic mass is 79.9. The van der Waals surface area contributed by atoms with Gasteiger partial charge in [0.2, 0.25) is 0 Å². The molecule has 1 unspecified atom stereocenters. The molecule has 0 saturated carbocycles. The summed E-state index contributed by atoms with van der Waals surface area (Å²) in [6.45, 7) is 1.69. The zero-order valence-corrected chi connectivity index (χ0v) is 12.1. The molecule has 1 amide bonds. The molecule has 6 heteroatoms. The third kappa shape index (κ3) is 3.39. The molecule has 104 valence electrons. The van der Waals surface area contributed by atoms with Gasteiger partial charge in [0, 0.05) is 6.20 Å². The molecule has 0 fully saturated rings. The highest BCUT2D eigenvalue weighted by Crippen LogP contribution is 2.16. The van der Waals surface area contributed by atoms with Gasteiger partial charge in [-0.15, -0.1) is 0 Å². The number of amides is 1. The molecule has 1 aromatic heterocycles. The first-order valence-electron chi connectivity index (χ1n) is 5.84. The molecule has 0 aliphatic heterocycles. The first-order valence-corrected chi connectivity index (χ1v) is 6.64. The first kappa shape index (κ1) is 14.6. The third-order valence-corrected chi connectivity index (χ3v) is 3.25. The maximum Gasteiger partial charge on any atom is 0.253 e. The van der Waals surface area contributed by atoms with Crippen LogP contribution in [0.25, 0.3) is 0 Å². The number of nitrogens with zero attached hydrogens (tertiary/aromatic N) is 1. The van der Waals surface area contributed by atoms with Gasteiger partial charge in [0.05, 0.1) is 11.6 Å². The van der Waals surface area contributed by atoms with Gasteiger partial charge in [0.25, 0.3) is 5.91 Å². The lowest BCUT2D eigenvalue weighted by Crippen LogP contribution is -2.26. The summed E-state index contributed by atoms with van der Waals surface area (Å²) in [6, 6.07) is 6.36. The van der Waals surface area contributed by atoms with Gasteiger partial charge in [-0.3, -0.25) is 4.79 Å². The van der Waals surface area contributed by atoms with Crippen molar-refractivity contribution in [3.05, 3.63) is 63.9 Å². The molecule has 2 rings (SSSR count). The Morgan fingerprint density at radius 1 is 1.25 bits per heavy atom. The Hall–Kier alpha value is -1.82. The fraction of sp³-hybridized carbons (Fsp3) is 0.143. The van der Waals surface area contributed by atoms with Gasteiger partial charge < -0.3 is 5.32 Å². The molecule has 0 bridgehead atoms. The predicted octanol–water partition coefficient (Wildman–Crippen LogP) is 3.61. The number of carbonyl (C=O) groups is 1. The van der Waals surface area contributed by atoms with Crippen molar-refractivity contribution >= 4 is 21.8 Å². The van der Waals surface area contributed by atoms with Crippen molar-refractivity contribution in [1.29, 1.82) is 0 Å². The standard InChI is InChI=1S/C14H11BrF2N2O/c1-8(9-2-4-11(16)12(17)6-9)19-14(20)10-3-5-13(15)18-7-10/h2-8H,1H3,(H,19,20). The van der Waals surface area contributed by atoms with Crippen LogP contribution in [-0.4, -0.2) is 10.9 Å². The summed E-state index contributed by atoms with van der Waals surface area (Å²) >= 11 is 3.18. The van der Waals surface area contributed by atoms with Crippen LogP contribution < -0.4 is 5.32 Å². The molecule has 1 aromatic carbocycles. The Balaban J connectivity index is 2.10. The van der Waals surface area contributed by atoms with Crippen molar-refractivity contribution in [3.63, 3.8) is 0 Å². The van der Waals surface area contributed by atoms with Crippen molar-refractivity contribution in [2.24, 2.45) is 0 Å². The summed E-state index contributed by atoms with van der Waals surface area (Å²) in [5.41, 5.74) is 0.880. The van der Waals surface area contributed by atoms with E-state index in [4.69, 9.17) is 0 Å². The second-order valence-electron chi connectivity index (χ2n) is 4.24. The summed E-state index contributed by atoms with van der Waals surface area (Å²) in [5, 5.41) is 2.70. The minimum absolute atomic E-state index is 0.331. The number of aromatic nitrogens is 1. The second kappa shape index (κ2) is 6.09. The van der Waals surface area contributed by atoms with Gasteiger partial charge in [0.1, 0.15) is 4.60 Å². The van der Waals surface area contributed by atoms with Crippen LogP contribution in [0.4, 0.5) is 8.78 Å². The van der Waals surface area contributed by atoms with Gasteiger partial charge >= 0.3 is 0 Å². The van der Waals surface area contributed by atoms with E-state index in [1.54, 1.807) is 19.1 Å². The Labute approximate surface area is 123 Å². The number of hydrogen-bond acceptors (Lipinski definition) is 2. The number of rotatable bonds is 3. The molecular formula is C14H11BrF2N2O. The number of halogens is 3. The first-order chi connectivity index (χ1) is 9.47. The number of carbonyl (C=O) groups excluding carboxylic acids is 1. The van der Waals surface area contributed by atoms with E-state index in [9.17, 15) is 13.6 Å². The molecule has 0 aliphatic carbocycles. The van der Waals surface area contributed by atoms with Crippen molar-refractivity contribution in [2.45, 2.75) is 13.0 Å². The molecular weight excluding hydrogens is 330 g/mol. The summed E-state index contributed by atoms with van der Waals surface area (Å²) < 4.78 is 26.6. The van der Waals surface area contributed by atoms with Crippen LogP contribution >= 0.6 is 15.9 Å².